The molecule has 1 N–H and O–H groups in total. The average Bonchev–Trinajstić information content (AvgIpc) is 2.99. The molecule has 1 heterocycles. The summed E-state index contributed by atoms with van der Waals surface area (Å²) in [5.41, 5.74) is 3.50. The third-order valence-corrected chi connectivity index (χ3v) is 4.13. The molecule has 0 spiro atoms. The number of rotatable bonds is 7. The molecule has 0 aliphatic heterocycles. The lowest BCUT2D eigenvalue weighted by Gasteiger charge is -2.22. The molecule has 150 valence electrons. The van der Waals surface area contributed by atoms with Crippen LogP contribution >= 0.6 is 24.0 Å². The summed E-state index contributed by atoms with van der Waals surface area (Å²) in [6, 6.07) is 8.02. The molecular weight excluding hydrogens is 453 g/mol. The van der Waals surface area contributed by atoms with Crippen LogP contribution in [0.4, 0.5) is 0 Å². The number of guanidine groups is 1. The summed E-state index contributed by atoms with van der Waals surface area (Å²) in [5.74, 6) is 2.14. The summed E-state index contributed by atoms with van der Waals surface area (Å²) in [5, 5.41) is 7.97. The van der Waals surface area contributed by atoms with Gasteiger partial charge in [-0.2, -0.15) is 5.10 Å². The van der Waals surface area contributed by atoms with Gasteiger partial charge in [0.2, 0.25) is 0 Å². The van der Waals surface area contributed by atoms with Gasteiger partial charge < -0.3 is 15.0 Å². The van der Waals surface area contributed by atoms with Crippen molar-refractivity contribution >= 4 is 29.9 Å². The Morgan fingerprint density at radius 2 is 2.11 bits per heavy atom. The highest BCUT2D eigenvalue weighted by atomic mass is 127. The smallest absolute Gasteiger partial charge is 0.194 e. The standard InChI is InChI=1S/C20H31N5O.HI/c1-7-21-20(22-12-16-9-8-10-18(11-16)26-6)24(4)13-17-14-25(5)23-19(17)15(2)3;/h8-11,14-15H,7,12-13H2,1-6H3,(H,21,22);1H. The van der Waals surface area contributed by atoms with Gasteiger partial charge in [-0.15, -0.1) is 24.0 Å². The second-order valence-electron chi connectivity index (χ2n) is 6.75. The average molecular weight is 485 g/mol. The van der Waals surface area contributed by atoms with Gasteiger partial charge in [0.25, 0.3) is 0 Å². The van der Waals surface area contributed by atoms with Crippen LogP contribution in [0.3, 0.4) is 0 Å². The summed E-state index contributed by atoms with van der Waals surface area (Å²) in [6.07, 6.45) is 2.09. The van der Waals surface area contributed by atoms with Crippen molar-refractivity contribution in [1.82, 2.24) is 20.0 Å². The third-order valence-electron chi connectivity index (χ3n) is 4.13. The number of nitrogens with zero attached hydrogens (tertiary/aromatic N) is 4. The molecule has 0 bridgehead atoms. The van der Waals surface area contributed by atoms with E-state index in [2.05, 4.69) is 55.4 Å². The number of aliphatic imine (C=N–C) groups is 1. The largest absolute Gasteiger partial charge is 0.497 e. The predicted molar refractivity (Wildman–Crippen MR) is 122 cm³/mol. The number of aromatic nitrogens is 2. The number of nitrogens with one attached hydrogen (secondary N) is 1. The summed E-state index contributed by atoms with van der Waals surface area (Å²) in [4.78, 5) is 6.93. The lowest BCUT2D eigenvalue weighted by molar-refractivity contribution is 0.414. The van der Waals surface area contributed by atoms with Gasteiger partial charge in [0.05, 0.1) is 19.3 Å². The van der Waals surface area contributed by atoms with Gasteiger partial charge >= 0.3 is 0 Å². The molecule has 27 heavy (non-hydrogen) atoms. The first-order valence-corrected chi connectivity index (χ1v) is 9.09. The molecule has 0 amide bonds. The molecule has 0 saturated carbocycles. The predicted octanol–water partition coefficient (Wildman–Crippen LogP) is 3.77. The van der Waals surface area contributed by atoms with E-state index in [1.807, 2.05) is 29.9 Å². The summed E-state index contributed by atoms with van der Waals surface area (Å²) in [6.45, 7) is 8.63. The van der Waals surface area contributed by atoms with E-state index in [0.717, 1.165) is 36.1 Å². The van der Waals surface area contributed by atoms with Crippen LogP contribution in [0.2, 0.25) is 0 Å². The maximum absolute atomic E-state index is 5.29. The quantitative estimate of drug-likeness (QED) is 0.369. The number of hydrogen-bond acceptors (Lipinski definition) is 3. The zero-order valence-corrected chi connectivity index (χ0v) is 19.5. The van der Waals surface area contributed by atoms with Gasteiger partial charge in [0.1, 0.15) is 5.75 Å². The van der Waals surface area contributed by atoms with Gasteiger partial charge in [-0.05, 0) is 30.5 Å². The van der Waals surface area contributed by atoms with Gasteiger partial charge in [0, 0.05) is 38.9 Å². The SMILES string of the molecule is CCNC(=NCc1cccc(OC)c1)N(C)Cc1cn(C)nc1C(C)C.I. The minimum absolute atomic E-state index is 0. The first kappa shape index (κ1) is 23.3. The second kappa shape index (κ2) is 11.2. The number of ether oxygens (including phenoxy) is 1. The molecule has 0 saturated heterocycles. The van der Waals surface area contributed by atoms with Crippen LogP contribution in [0.1, 0.15) is 43.5 Å². The Hall–Kier alpha value is -1.77. The Morgan fingerprint density at radius 1 is 1.37 bits per heavy atom. The number of methoxy groups -OCH3 is 1. The van der Waals surface area contributed by atoms with Crippen LogP contribution in [0.15, 0.2) is 35.5 Å². The van der Waals surface area contributed by atoms with E-state index in [9.17, 15) is 0 Å². The summed E-state index contributed by atoms with van der Waals surface area (Å²) in [7, 11) is 5.71. The molecule has 2 aromatic rings. The second-order valence-corrected chi connectivity index (χ2v) is 6.75. The van der Waals surface area contributed by atoms with E-state index in [0.29, 0.717) is 12.5 Å². The van der Waals surface area contributed by atoms with Gasteiger partial charge in [-0.25, -0.2) is 4.99 Å². The van der Waals surface area contributed by atoms with Crippen LogP contribution in [-0.4, -0.2) is 41.3 Å². The molecule has 2 rings (SSSR count). The van der Waals surface area contributed by atoms with Crippen LogP contribution in [-0.2, 0) is 20.1 Å². The maximum atomic E-state index is 5.29. The third kappa shape index (κ3) is 6.71. The lowest BCUT2D eigenvalue weighted by Crippen LogP contribution is -2.38. The van der Waals surface area contributed by atoms with Crippen molar-refractivity contribution in [2.75, 3.05) is 20.7 Å². The fraction of sp³-hybridized carbons (Fsp3) is 0.500. The zero-order valence-electron chi connectivity index (χ0n) is 17.2. The fourth-order valence-corrected chi connectivity index (χ4v) is 2.90. The fourth-order valence-electron chi connectivity index (χ4n) is 2.90. The van der Waals surface area contributed by atoms with Gasteiger partial charge in [0.15, 0.2) is 5.96 Å². The van der Waals surface area contributed by atoms with Crippen molar-refractivity contribution in [2.24, 2.45) is 12.0 Å². The van der Waals surface area contributed by atoms with Gasteiger partial charge in [-0.1, -0.05) is 26.0 Å². The van der Waals surface area contributed by atoms with E-state index in [-0.39, 0.29) is 24.0 Å². The molecule has 1 aromatic carbocycles. The van der Waals surface area contributed by atoms with Crippen LogP contribution in [0.5, 0.6) is 5.75 Å². The number of aryl methyl sites for hydroxylation is 1. The monoisotopic (exact) mass is 485 g/mol. The van der Waals surface area contributed by atoms with Crippen LogP contribution < -0.4 is 10.1 Å². The van der Waals surface area contributed by atoms with Crippen LogP contribution in [0, 0.1) is 0 Å². The highest BCUT2D eigenvalue weighted by Crippen LogP contribution is 2.19. The lowest BCUT2D eigenvalue weighted by atomic mass is 10.1. The highest BCUT2D eigenvalue weighted by molar-refractivity contribution is 14.0. The van der Waals surface area contributed by atoms with Crippen molar-refractivity contribution in [2.45, 2.75) is 39.8 Å². The topological polar surface area (TPSA) is 54.7 Å². The number of benzene rings is 1. The highest BCUT2D eigenvalue weighted by Gasteiger charge is 2.15. The number of halogens is 1. The molecule has 7 heteroatoms. The number of hydrogen-bond donors (Lipinski definition) is 1. The Balaban J connectivity index is 0.00000364. The Kier molecular flexibility index (Phi) is 9.62. The first-order chi connectivity index (χ1) is 12.4. The van der Waals surface area contributed by atoms with Crippen molar-refractivity contribution in [3.8, 4) is 5.75 Å². The van der Waals surface area contributed by atoms with Crippen molar-refractivity contribution < 1.29 is 4.74 Å². The van der Waals surface area contributed by atoms with E-state index in [4.69, 9.17) is 9.73 Å². The molecular formula is C20H32IN5O. The molecule has 0 unspecified atom stereocenters. The Morgan fingerprint density at radius 3 is 2.74 bits per heavy atom. The minimum atomic E-state index is 0. The van der Waals surface area contributed by atoms with E-state index < -0.39 is 0 Å². The molecule has 0 fully saturated rings. The molecule has 1 aromatic heterocycles. The minimum Gasteiger partial charge on any atom is -0.497 e. The maximum Gasteiger partial charge on any atom is 0.194 e. The van der Waals surface area contributed by atoms with Crippen molar-refractivity contribution in [3.63, 3.8) is 0 Å². The molecule has 0 atom stereocenters. The van der Waals surface area contributed by atoms with E-state index >= 15 is 0 Å². The summed E-state index contributed by atoms with van der Waals surface area (Å²) < 4.78 is 7.18. The van der Waals surface area contributed by atoms with Crippen LogP contribution in [0.25, 0.3) is 0 Å². The Bertz CT molecular complexity index is 742. The van der Waals surface area contributed by atoms with Gasteiger partial charge in [-0.3, -0.25) is 4.68 Å². The van der Waals surface area contributed by atoms with E-state index in [1.165, 1.54) is 5.56 Å². The zero-order chi connectivity index (χ0) is 19.1. The normalized spacial score (nSPS) is 11.3. The molecule has 0 radical (unpaired) electrons. The van der Waals surface area contributed by atoms with E-state index in [1.54, 1.807) is 7.11 Å². The first-order valence-electron chi connectivity index (χ1n) is 9.09. The summed E-state index contributed by atoms with van der Waals surface area (Å²) >= 11 is 0. The molecule has 0 aliphatic carbocycles. The Labute approximate surface area is 180 Å². The van der Waals surface area contributed by atoms with Crippen molar-refractivity contribution in [1.29, 1.82) is 0 Å². The van der Waals surface area contributed by atoms with Crippen molar-refractivity contribution in [3.05, 3.63) is 47.3 Å². The molecule has 6 nitrogen and oxygen atoms in total. The molecule has 0 aliphatic rings.